The Hall–Kier alpha value is -1.36. The zero-order chi connectivity index (χ0) is 12.4. The zero-order valence-corrected chi connectivity index (χ0v) is 10.7. The smallest absolute Gasteiger partial charge is 0.239 e. The number of rotatable bonds is 2. The summed E-state index contributed by atoms with van der Waals surface area (Å²) in [6, 6.07) is 1.98. The monoisotopic (exact) mass is 236 g/mol. The van der Waals surface area contributed by atoms with E-state index in [0.29, 0.717) is 5.92 Å². The van der Waals surface area contributed by atoms with Crippen molar-refractivity contribution in [3.63, 3.8) is 0 Å². The fraction of sp³-hybridized carbons (Fsp3) is 0.667. The minimum Gasteiger partial charge on any atom is -0.347 e. The quantitative estimate of drug-likeness (QED) is 0.806. The number of nitrogens with one attached hydrogen (secondary N) is 1. The Morgan fingerprint density at radius 1 is 1.59 bits per heavy atom. The predicted octanol–water partition coefficient (Wildman–Crippen LogP) is 0.344. The molecule has 5 heteroatoms. The van der Waals surface area contributed by atoms with Crippen LogP contribution in [0.15, 0.2) is 12.3 Å². The molecule has 1 aliphatic rings. The molecule has 2 heterocycles. The van der Waals surface area contributed by atoms with Gasteiger partial charge in [0.1, 0.15) is 0 Å². The molecule has 1 fully saturated rings. The van der Waals surface area contributed by atoms with Gasteiger partial charge in [-0.05, 0) is 25.5 Å². The summed E-state index contributed by atoms with van der Waals surface area (Å²) >= 11 is 0. The minimum absolute atomic E-state index is 0.0641. The normalized spacial score (nSPS) is 24.6. The summed E-state index contributed by atoms with van der Waals surface area (Å²) in [4.78, 5) is 13.6. The van der Waals surface area contributed by atoms with Gasteiger partial charge in [-0.1, -0.05) is 0 Å². The fourth-order valence-corrected chi connectivity index (χ4v) is 2.34. The van der Waals surface area contributed by atoms with Crippen molar-refractivity contribution < 1.29 is 4.79 Å². The van der Waals surface area contributed by atoms with Crippen LogP contribution in [-0.4, -0.2) is 47.3 Å². The van der Waals surface area contributed by atoms with Crippen LogP contribution in [0.2, 0.25) is 0 Å². The number of aryl methyl sites for hydroxylation is 1. The second-order valence-electron chi connectivity index (χ2n) is 4.87. The minimum atomic E-state index is -0.0641. The molecule has 1 saturated heterocycles. The summed E-state index contributed by atoms with van der Waals surface area (Å²) in [7, 11) is 5.52. The van der Waals surface area contributed by atoms with E-state index in [0.717, 1.165) is 25.1 Å². The number of likely N-dealkylation sites (N-methyl/N-ethyl adjacent to an activating group) is 1. The van der Waals surface area contributed by atoms with Crippen molar-refractivity contribution in [2.24, 2.45) is 7.05 Å². The molecule has 94 valence electrons. The van der Waals surface area contributed by atoms with Gasteiger partial charge >= 0.3 is 0 Å². The fourth-order valence-electron chi connectivity index (χ4n) is 2.34. The Balaban J connectivity index is 2.04. The van der Waals surface area contributed by atoms with Gasteiger partial charge in [0.15, 0.2) is 0 Å². The lowest BCUT2D eigenvalue weighted by atomic mass is 9.89. The molecule has 0 radical (unpaired) electrons. The summed E-state index contributed by atoms with van der Waals surface area (Å²) in [5, 5.41) is 7.72. The highest BCUT2D eigenvalue weighted by Crippen LogP contribution is 2.26. The molecular weight excluding hydrogens is 216 g/mol. The molecule has 5 nitrogen and oxygen atoms in total. The van der Waals surface area contributed by atoms with Gasteiger partial charge < -0.3 is 10.2 Å². The number of carbonyl (C=O) groups excluding carboxylic acids is 1. The lowest BCUT2D eigenvalue weighted by Gasteiger charge is -2.30. The zero-order valence-electron chi connectivity index (χ0n) is 10.7. The van der Waals surface area contributed by atoms with Crippen LogP contribution in [0.1, 0.15) is 24.5 Å². The number of carbonyl (C=O) groups is 1. The van der Waals surface area contributed by atoms with Crippen LogP contribution in [0.5, 0.6) is 0 Å². The van der Waals surface area contributed by atoms with Crippen molar-refractivity contribution in [2.45, 2.75) is 24.8 Å². The first-order valence-corrected chi connectivity index (χ1v) is 6.02. The van der Waals surface area contributed by atoms with Crippen LogP contribution in [0.4, 0.5) is 0 Å². The average Bonchev–Trinajstić information content (AvgIpc) is 2.75. The second kappa shape index (κ2) is 4.87. The highest BCUT2D eigenvalue weighted by molar-refractivity contribution is 5.81. The van der Waals surface area contributed by atoms with Crippen molar-refractivity contribution in [1.29, 1.82) is 0 Å². The van der Waals surface area contributed by atoms with Crippen molar-refractivity contribution >= 4 is 5.91 Å². The maximum absolute atomic E-state index is 11.9. The van der Waals surface area contributed by atoms with Gasteiger partial charge in [-0.25, -0.2) is 0 Å². The van der Waals surface area contributed by atoms with E-state index in [1.165, 1.54) is 0 Å². The van der Waals surface area contributed by atoms with Crippen molar-refractivity contribution in [3.8, 4) is 0 Å². The third-order valence-electron chi connectivity index (χ3n) is 3.30. The molecule has 2 rings (SSSR count). The van der Waals surface area contributed by atoms with Crippen LogP contribution in [0, 0.1) is 0 Å². The Morgan fingerprint density at radius 2 is 2.35 bits per heavy atom. The van der Waals surface area contributed by atoms with Gasteiger partial charge in [0.2, 0.25) is 5.91 Å². The molecule has 2 atom stereocenters. The van der Waals surface area contributed by atoms with E-state index >= 15 is 0 Å². The van der Waals surface area contributed by atoms with E-state index in [2.05, 4.69) is 10.4 Å². The Bertz CT molecular complexity index is 399. The largest absolute Gasteiger partial charge is 0.347 e. The summed E-state index contributed by atoms with van der Waals surface area (Å²) < 4.78 is 1.82. The number of piperidine rings is 1. The summed E-state index contributed by atoms with van der Waals surface area (Å²) in [5.41, 5.74) is 1.10. The molecule has 1 amide bonds. The standard InChI is InChI=1S/C12H20N4O/c1-15(2)12(17)11-8-9(4-6-13-11)10-5-7-16(3)14-10/h5,7,9,11,13H,4,6,8H2,1-3H3. The first-order chi connectivity index (χ1) is 8.08. The van der Waals surface area contributed by atoms with Gasteiger partial charge in [-0.3, -0.25) is 9.48 Å². The number of nitrogens with zero attached hydrogens (tertiary/aromatic N) is 3. The Kier molecular flexibility index (Phi) is 3.47. The van der Waals surface area contributed by atoms with E-state index in [9.17, 15) is 4.79 Å². The molecule has 1 aromatic heterocycles. The predicted molar refractivity (Wildman–Crippen MR) is 65.7 cm³/mol. The first kappa shape index (κ1) is 12.1. The third-order valence-corrected chi connectivity index (χ3v) is 3.30. The third kappa shape index (κ3) is 2.66. The van der Waals surface area contributed by atoms with Gasteiger partial charge in [-0.2, -0.15) is 5.10 Å². The van der Waals surface area contributed by atoms with Gasteiger partial charge in [-0.15, -0.1) is 0 Å². The summed E-state index contributed by atoms with van der Waals surface area (Å²) in [5.74, 6) is 0.553. The van der Waals surface area contributed by atoms with Crippen LogP contribution in [0.25, 0.3) is 0 Å². The van der Waals surface area contributed by atoms with Crippen LogP contribution >= 0.6 is 0 Å². The molecular formula is C12H20N4O. The summed E-state index contributed by atoms with van der Waals surface area (Å²) in [6.45, 7) is 0.880. The molecule has 2 unspecified atom stereocenters. The molecule has 0 bridgehead atoms. The Labute approximate surface area is 102 Å². The van der Waals surface area contributed by atoms with Crippen molar-refractivity contribution in [1.82, 2.24) is 20.0 Å². The first-order valence-electron chi connectivity index (χ1n) is 6.02. The molecule has 0 spiro atoms. The average molecular weight is 236 g/mol. The molecule has 1 aromatic rings. The highest BCUT2D eigenvalue weighted by Gasteiger charge is 2.29. The number of hydrogen-bond donors (Lipinski definition) is 1. The maximum Gasteiger partial charge on any atom is 0.239 e. The van der Waals surface area contributed by atoms with E-state index in [4.69, 9.17) is 0 Å². The van der Waals surface area contributed by atoms with Crippen LogP contribution in [-0.2, 0) is 11.8 Å². The number of hydrogen-bond acceptors (Lipinski definition) is 3. The van der Waals surface area contributed by atoms with E-state index in [1.807, 2.05) is 24.0 Å². The number of aromatic nitrogens is 2. The van der Waals surface area contributed by atoms with Gasteiger partial charge in [0.25, 0.3) is 0 Å². The van der Waals surface area contributed by atoms with Crippen molar-refractivity contribution in [3.05, 3.63) is 18.0 Å². The molecule has 0 saturated carbocycles. The lowest BCUT2D eigenvalue weighted by Crippen LogP contribution is -2.47. The lowest BCUT2D eigenvalue weighted by molar-refractivity contribution is -0.131. The molecule has 1 N–H and O–H groups in total. The number of amides is 1. The molecule has 0 aromatic carbocycles. The maximum atomic E-state index is 11.9. The molecule has 1 aliphatic heterocycles. The van der Waals surface area contributed by atoms with Gasteiger partial charge in [0, 0.05) is 33.3 Å². The van der Waals surface area contributed by atoms with Crippen LogP contribution < -0.4 is 5.32 Å². The molecule has 17 heavy (non-hydrogen) atoms. The van der Waals surface area contributed by atoms with E-state index in [-0.39, 0.29) is 11.9 Å². The second-order valence-corrected chi connectivity index (χ2v) is 4.87. The summed E-state index contributed by atoms with van der Waals surface area (Å²) in [6.07, 6.45) is 3.85. The molecule has 0 aliphatic carbocycles. The van der Waals surface area contributed by atoms with E-state index in [1.54, 1.807) is 19.0 Å². The van der Waals surface area contributed by atoms with E-state index < -0.39 is 0 Å². The Morgan fingerprint density at radius 3 is 2.94 bits per heavy atom. The topological polar surface area (TPSA) is 50.2 Å². The SMILES string of the molecule is CN(C)C(=O)C1CC(c2ccn(C)n2)CCN1. The highest BCUT2D eigenvalue weighted by atomic mass is 16.2. The van der Waals surface area contributed by atoms with Crippen LogP contribution in [0.3, 0.4) is 0 Å². The van der Waals surface area contributed by atoms with Gasteiger partial charge in [0.05, 0.1) is 11.7 Å². The van der Waals surface area contributed by atoms with Crippen molar-refractivity contribution in [2.75, 3.05) is 20.6 Å².